The minimum absolute atomic E-state index is 0.0413. The van der Waals surface area contributed by atoms with Crippen LogP contribution in [0.3, 0.4) is 0 Å². The number of fused-ring (bicyclic) bond motifs is 2. The van der Waals surface area contributed by atoms with Crippen LogP contribution in [0.25, 0.3) is 21.8 Å². The molecule has 8 nitrogen and oxygen atoms in total. The smallest absolute Gasteiger partial charge is 0.253 e. The average Bonchev–Trinajstić information content (AvgIpc) is 3.46. The summed E-state index contributed by atoms with van der Waals surface area (Å²) in [6, 6.07) is 16.2. The molecule has 42 heavy (non-hydrogen) atoms. The number of amides is 2. The largest absolute Gasteiger partial charge is 0.351 e. The fourth-order valence-electron chi connectivity index (χ4n) is 6.13. The van der Waals surface area contributed by atoms with Crippen LogP contribution in [0, 0.1) is 0 Å². The van der Waals surface area contributed by atoms with Crippen LogP contribution in [0.15, 0.2) is 48.5 Å². The van der Waals surface area contributed by atoms with Crippen LogP contribution < -0.4 is 10.6 Å². The maximum Gasteiger partial charge on any atom is 0.253 e. The van der Waals surface area contributed by atoms with Gasteiger partial charge in [0, 0.05) is 73.5 Å². The molecule has 2 N–H and O–H groups in total. The van der Waals surface area contributed by atoms with Gasteiger partial charge in [0.2, 0.25) is 0 Å². The predicted octanol–water partition coefficient (Wildman–Crippen LogP) is 4.60. The highest BCUT2D eigenvalue weighted by atomic mass is 16.2. The molecule has 0 radical (unpaired) electrons. The number of aromatic nitrogens is 2. The molecule has 2 heterocycles. The second kappa shape index (κ2) is 14.5. The number of nitrogens with zero attached hydrogens (tertiary/aromatic N) is 4. The van der Waals surface area contributed by atoms with Gasteiger partial charge in [0.1, 0.15) is 0 Å². The second-order valence-electron chi connectivity index (χ2n) is 10.9. The Balaban J connectivity index is 1.64. The molecule has 4 aromatic rings. The van der Waals surface area contributed by atoms with Gasteiger partial charge in [0.15, 0.2) is 0 Å². The Morgan fingerprint density at radius 1 is 0.619 bits per heavy atom. The van der Waals surface area contributed by atoms with E-state index in [-0.39, 0.29) is 11.8 Å². The van der Waals surface area contributed by atoms with Crippen molar-refractivity contribution in [3.63, 3.8) is 0 Å². The zero-order chi connectivity index (χ0) is 30.2. The van der Waals surface area contributed by atoms with Crippen LogP contribution in [0.4, 0.5) is 0 Å². The van der Waals surface area contributed by atoms with Gasteiger partial charge in [-0.2, -0.15) is 0 Å². The van der Waals surface area contributed by atoms with Crippen molar-refractivity contribution in [2.45, 2.75) is 40.5 Å². The number of para-hydroxylation sites is 2. The van der Waals surface area contributed by atoms with E-state index in [1.54, 1.807) is 0 Å². The number of hydrogen-bond donors (Lipinski definition) is 2. The van der Waals surface area contributed by atoms with E-state index >= 15 is 0 Å². The number of aryl methyl sites for hydroxylation is 2. The van der Waals surface area contributed by atoms with E-state index in [1.807, 2.05) is 50.5 Å². The van der Waals surface area contributed by atoms with Gasteiger partial charge in [-0.3, -0.25) is 9.59 Å². The zero-order valence-electron chi connectivity index (χ0n) is 26.3. The molecule has 0 aliphatic carbocycles. The maximum absolute atomic E-state index is 13.7. The van der Waals surface area contributed by atoms with E-state index in [0.717, 1.165) is 83.6 Å². The molecule has 0 aliphatic rings. The van der Waals surface area contributed by atoms with E-state index in [9.17, 15) is 9.59 Å². The van der Waals surface area contributed by atoms with Crippen molar-refractivity contribution in [2.75, 3.05) is 52.4 Å². The molecule has 2 amide bonds. The molecule has 8 heteroatoms. The van der Waals surface area contributed by atoms with Crippen molar-refractivity contribution in [1.82, 2.24) is 29.6 Å². The summed E-state index contributed by atoms with van der Waals surface area (Å²) in [7, 11) is 4.07. The molecule has 226 valence electrons. The van der Waals surface area contributed by atoms with E-state index < -0.39 is 0 Å². The van der Waals surface area contributed by atoms with Crippen molar-refractivity contribution >= 4 is 33.6 Å². The number of carbonyl (C=O) groups excluding carboxylic acids is 2. The maximum atomic E-state index is 13.7. The SMILES string of the molecule is CCN(CC)CCNC(=O)c1c(CCc2c(C(=O)NCCN(CC)CC)c3ccccc3n2C)n(C)c2ccccc12. The quantitative estimate of drug-likeness (QED) is 0.218. The third kappa shape index (κ3) is 6.55. The molecule has 0 saturated heterocycles. The van der Waals surface area contributed by atoms with Crippen molar-refractivity contribution in [2.24, 2.45) is 14.1 Å². The zero-order valence-corrected chi connectivity index (χ0v) is 26.3. The summed E-state index contributed by atoms with van der Waals surface area (Å²) in [6.45, 7) is 15.2. The number of nitrogens with one attached hydrogen (secondary N) is 2. The standard InChI is InChI=1S/C34H48N6O2/c1-7-39(8-2)23-21-35-33(41)31-25-15-11-13-17-27(25)37(5)29(31)19-20-30-32(26-16-12-14-18-28(26)38(30)6)34(42)36-22-24-40(9-3)10-4/h11-18H,7-10,19-24H2,1-6H3,(H,35,41)(H,36,42). The Bertz CT molecular complexity index is 1400. The lowest BCUT2D eigenvalue weighted by Crippen LogP contribution is -2.35. The number of benzene rings is 2. The van der Waals surface area contributed by atoms with Crippen LogP contribution in [0.5, 0.6) is 0 Å². The lowest BCUT2D eigenvalue weighted by Gasteiger charge is -2.18. The molecule has 0 spiro atoms. The van der Waals surface area contributed by atoms with Crippen LogP contribution in [-0.4, -0.2) is 83.1 Å². The van der Waals surface area contributed by atoms with Crippen molar-refractivity contribution in [1.29, 1.82) is 0 Å². The molecule has 0 saturated carbocycles. The van der Waals surface area contributed by atoms with Gasteiger partial charge in [-0.1, -0.05) is 64.1 Å². The average molecular weight is 573 g/mol. The summed E-state index contributed by atoms with van der Waals surface area (Å²) in [4.78, 5) is 31.9. The summed E-state index contributed by atoms with van der Waals surface area (Å²) in [5.74, 6) is -0.0827. The van der Waals surface area contributed by atoms with Gasteiger partial charge in [-0.25, -0.2) is 0 Å². The Morgan fingerprint density at radius 2 is 0.976 bits per heavy atom. The molecule has 0 atom stereocenters. The van der Waals surface area contributed by atoms with Gasteiger partial charge in [0.25, 0.3) is 11.8 Å². The van der Waals surface area contributed by atoms with Crippen molar-refractivity contribution in [3.8, 4) is 0 Å². The first-order chi connectivity index (χ1) is 20.4. The van der Waals surface area contributed by atoms with E-state index in [2.05, 4.69) is 69.4 Å². The molecular weight excluding hydrogens is 524 g/mol. The molecule has 0 fully saturated rings. The Morgan fingerprint density at radius 3 is 1.33 bits per heavy atom. The van der Waals surface area contributed by atoms with Gasteiger partial charge in [-0.15, -0.1) is 0 Å². The topological polar surface area (TPSA) is 74.5 Å². The minimum atomic E-state index is -0.0413. The molecular formula is C34H48N6O2. The molecule has 4 rings (SSSR count). The van der Waals surface area contributed by atoms with E-state index in [1.165, 1.54) is 0 Å². The fourth-order valence-corrected chi connectivity index (χ4v) is 6.13. The molecule has 2 aromatic carbocycles. The highest BCUT2D eigenvalue weighted by Crippen LogP contribution is 2.30. The minimum Gasteiger partial charge on any atom is -0.351 e. The highest BCUT2D eigenvalue weighted by molar-refractivity contribution is 6.09. The van der Waals surface area contributed by atoms with Crippen LogP contribution in [0.2, 0.25) is 0 Å². The summed E-state index contributed by atoms with van der Waals surface area (Å²) in [5, 5.41) is 8.28. The fraction of sp³-hybridized carbons (Fsp3) is 0.471. The molecule has 0 bridgehead atoms. The Kier molecular flexibility index (Phi) is 10.8. The molecule has 0 aliphatic heterocycles. The molecule has 0 unspecified atom stereocenters. The first-order valence-electron chi connectivity index (χ1n) is 15.5. The predicted molar refractivity (Wildman–Crippen MR) is 173 cm³/mol. The Hall–Kier alpha value is -3.62. The van der Waals surface area contributed by atoms with Crippen LogP contribution >= 0.6 is 0 Å². The summed E-state index contributed by atoms with van der Waals surface area (Å²) in [5.41, 5.74) is 5.50. The monoisotopic (exact) mass is 572 g/mol. The third-order valence-electron chi connectivity index (χ3n) is 8.73. The summed E-state index contributed by atoms with van der Waals surface area (Å²) < 4.78 is 4.28. The number of hydrogen-bond acceptors (Lipinski definition) is 4. The lowest BCUT2D eigenvalue weighted by molar-refractivity contribution is 0.0940. The highest BCUT2D eigenvalue weighted by Gasteiger charge is 2.24. The first kappa shape index (κ1) is 31.3. The second-order valence-corrected chi connectivity index (χ2v) is 10.9. The van der Waals surface area contributed by atoms with Crippen LogP contribution in [0.1, 0.15) is 59.8 Å². The van der Waals surface area contributed by atoms with E-state index in [4.69, 9.17) is 0 Å². The number of likely N-dealkylation sites (N-methyl/N-ethyl adjacent to an activating group) is 2. The van der Waals surface area contributed by atoms with Gasteiger partial charge >= 0.3 is 0 Å². The normalized spacial score (nSPS) is 11.7. The number of rotatable bonds is 15. The van der Waals surface area contributed by atoms with Gasteiger partial charge in [0.05, 0.1) is 11.1 Å². The Labute approximate surface area is 250 Å². The molecule has 2 aromatic heterocycles. The first-order valence-corrected chi connectivity index (χ1v) is 15.5. The van der Waals surface area contributed by atoms with Crippen molar-refractivity contribution < 1.29 is 9.59 Å². The van der Waals surface area contributed by atoms with Crippen molar-refractivity contribution in [3.05, 3.63) is 71.0 Å². The van der Waals surface area contributed by atoms with Gasteiger partial charge < -0.3 is 29.6 Å². The van der Waals surface area contributed by atoms with Gasteiger partial charge in [-0.05, 0) is 51.2 Å². The lowest BCUT2D eigenvalue weighted by atomic mass is 10.0. The van der Waals surface area contributed by atoms with E-state index in [0.29, 0.717) is 25.9 Å². The summed E-state index contributed by atoms with van der Waals surface area (Å²) in [6.07, 6.45) is 1.27. The number of carbonyl (C=O) groups is 2. The third-order valence-corrected chi connectivity index (χ3v) is 8.73. The van der Waals surface area contributed by atoms with Crippen LogP contribution in [-0.2, 0) is 26.9 Å². The summed E-state index contributed by atoms with van der Waals surface area (Å²) >= 11 is 0.